The van der Waals surface area contributed by atoms with Crippen LogP contribution in [0, 0.1) is 0 Å². The van der Waals surface area contributed by atoms with Crippen LogP contribution in [0.3, 0.4) is 0 Å². The van der Waals surface area contributed by atoms with Gasteiger partial charge in [-0.1, -0.05) is 0 Å². The van der Waals surface area contributed by atoms with Gasteiger partial charge in [0.1, 0.15) is 9.84 Å². The zero-order valence-corrected chi connectivity index (χ0v) is 11.9. The Balaban J connectivity index is 2.79. The van der Waals surface area contributed by atoms with Crippen LogP contribution in [0.15, 0.2) is 23.1 Å². The number of thioether (sulfide) groups is 1. The number of benzene rings is 1. The molecule has 1 aromatic carbocycles. The molecule has 0 bridgehead atoms. The Labute approximate surface area is 111 Å². The van der Waals surface area contributed by atoms with Crippen molar-refractivity contribution in [1.82, 2.24) is 5.32 Å². The minimum atomic E-state index is -2.98. The molecule has 1 rings (SSSR count). The van der Waals surface area contributed by atoms with Gasteiger partial charge in [0, 0.05) is 35.2 Å². The third kappa shape index (κ3) is 4.58. The van der Waals surface area contributed by atoms with E-state index in [2.05, 4.69) is 5.32 Å². The molecule has 0 heterocycles. The maximum absolute atomic E-state index is 11.5. The van der Waals surface area contributed by atoms with Crippen LogP contribution >= 0.6 is 11.8 Å². The Morgan fingerprint density at radius 2 is 2.11 bits per heavy atom. The zero-order chi connectivity index (χ0) is 13.8. The second-order valence-corrected chi connectivity index (χ2v) is 7.21. The molecular formula is C11H16N2O3S2. The molecule has 0 radical (unpaired) electrons. The van der Waals surface area contributed by atoms with Gasteiger partial charge < -0.3 is 11.1 Å². The van der Waals surface area contributed by atoms with Crippen LogP contribution in [0.5, 0.6) is 0 Å². The minimum Gasteiger partial charge on any atom is -0.398 e. The van der Waals surface area contributed by atoms with Gasteiger partial charge >= 0.3 is 0 Å². The van der Waals surface area contributed by atoms with E-state index in [1.54, 1.807) is 25.2 Å². The highest BCUT2D eigenvalue weighted by atomic mass is 32.2. The van der Waals surface area contributed by atoms with E-state index in [1.807, 2.05) is 0 Å². The number of amides is 1. The van der Waals surface area contributed by atoms with Crippen LogP contribution in [-0.2, 0) is 9.84 Å². The summed E-state index contributed by atoms with van der Waals surface area (Å²) in [6.45, 7) is 0. The second-order valence-electron chi connectivity index (χ2n) is 3.81. The highest BCUT2D eigenvalue weighted by Gasteiger charge is 2.08. The zero-order valence-electron chi connectivity index (χ0n) is 10.3. The fourth-order valence-electron chi connectivity index (χ4n) is 1.25. The number of hydrogen-bond acceptors (Lipinski definition) is 5. The first-order chi connectivity index (χ1) is 8.33. The lowest BCUT2D eigenvalue weighted by Crippen LogP contribution is -2.17. The highest BCUT2D eigenvalue weighted by molar-refractivity contribution is 8.00. The molecule has 0 aliphatic rings. The summed E-state index contributed by atoms with van der Waals surface area (Å²) in [7, 11) is -1.43. The molecule has 0 saturated heterocycles. The van der Waals surface area contributed by atoms with Crippen molar-refractivity contribution in [2.45, 2.75) is 4.90 Å². The van der Waals surface area contributed by atoms with Crippen LogP contribution in [-0.4, -0.2) is 39.1 Å². The van der Waals surface area contributed by atoms with E-state index in [0.29, 0.717) is 17.0 Å². The summed E-state index contributed by atoms with van der Waals surface area (Å²) in [6, 6.07) is 4.95. The summed E-state index contributed by atoms with van der Waals surface area (Å²) in [5.74, 6) is 0.307. The molecule has 0 aliphatic heterocycles. The van der Waals surface area contributed by atoms with Gasteiger partial charge in [0.05, 0.1) is 5.75 Å². The van der Waals surface area contributed by atoms with Crippen molar-refractivity contribution in [1.29, 1.82) is 0 Å². The summed E-state index contributed by atoms with van der Waals surface area (Å²) >= 11 is 1.33. The lowest BCUT2D eigenvalue weighted by atomic mass is 10.2. The molecule has 7 heteroatoms. The van der Waals surface area contributed by atoms with Crippen molar-refractivity contribution in [3.63, 3.8) is 0 Å². The minimum absolute atomic E-state index is 0.0846. The summed E-state index contributed by atoms with van der Waals surface area (Å²) in [5, 5.41) is 2.52. The van der Waals surface area contributed by atoms with Gasteiger partial charge in [-0.2, -0.15) is 0 Å². The summed E-state index contributed by atoms with van der Waals surface area (Å²) in [5.41, 5.74) is 6.83. The molecule has 0 spiro atoms. The van der Waals surface area contributed by atoms with Gasteiger partial charge in [0.2, 0.25) is 0 Å². The van der Waals surface area contributed by atoms with Crippen LogP contribution in [0.2, 0.25) is 0 Å². The monoisotopic (exact) mass is 288 g/mol. The smallest absolute Gasteiger partial charge is 0.251 e. The lowest BCUT2D eigenvalue weighted by Gasteiger charge is -2.07. The third-order valence-corrected chi connectivity index (χ3v) is 4.49. The maximum atomic E-state index is 11.5. The van der Waals surface area contributed by atoms with Crippen LogP contribution in [0.1, 0.15) is 10.4 Å². The Morgan fingerprint density at radius 1 is 1.44 bits per heavy atom. The molecule has 0 saturated carbocycles. The summed E-state index contributed by atoms with van der Waals surface area (Å²) in [4.78, 5) is 12.2. The molecule has 0 atom stereocenters. The first kappa shape index (κ1) is 14.8. The van der Waals surface area contributed by atoms with Crippen LogP contribution < -0.4 is 11.1 Å². The first-order valence-corrected chi connectivity index (χ1v) is 8.30. The molecule has 3 N–H and O–H groups in total. The van der Waals surface area contributed by atoms with Crippen molar-refractivity contribution in [3.05, 3.63) is 23.8 Å². The molecule has 1 amide bonds. The van der Waals surface area contributed by atoms with Gasteiger partial charge in [-0.15, -0.1) is 11.8 Å². The molecule has 100 valence electrons. The molecule has 18 heavy (non-hydrogen) atoms. The second kappa shape index (κ2) is 6.10. The number of sulfone groups is 1. The van der Waals surface area contributed by atoms with E-state index in [0.717, 1.165) is 4.90 Å². The molecule has 0 aromatic heterocycles. The average molecular weight is 288 g/mol. The topological polar surface area (TPSA) is 89.3 Å². The standard InChI is InChI=1S/C11H16N2O3S2/c1-13-11(14)8-3-4-9(12)10(7-8)17-5-6-18(2,15)16/h3-4,7H,5-6,12H2,1-2H3,(H,13,14). The van der Waals surface area contributed by atoms with Crippen molar-refractivity contribution < 1.29 is 13.2 Å². The van der Waals surface area contributed by atoms with Crippen molar-refractivity contribution in [2.75, 3.05) is 30.5 Å². The molecule has 5 nitrogen and oxygen atoms in total. The van der Waals surface area contributed by atoms with Crippen molar-refractivity contribution >= 4 is 33.2 Å². The van der Waals surface area contributed by atoms with Gasteiger partial charge in [-0.3, -0.25) is 4.79 Å². The number of rotatable bonds is 5. The largest absolute Gasteiger partial charge is 0.398 e. The predicted octanol–water partition coefficient (Wildman–Crippen LogP) is 0.765. The van der Waals surface area contributed by atoms with Gasteiger partial charge in [-0.05, 0) is 18.2 Å². The molecule has 0 aliphatic carbocycles. The van der Waals surface area contributed by atoms with Gasteiger partial charge in [0.25, 0.3) is 5.91 Å². The highest BCUT2D eigenvalue weighted by Crippen LogP contribution is 2.26. The Kier molecular flexibility index (Phi) is 5.03. The van der Waals surface area contributed by atoms with Gasteiger partial charge in [0.15, 0.2) is 0 Å². The van der Waals surface area contributed by atoms with E-state index in [1.165, 1.54) is 18.0 Å². The van der Waals surface area contributed by atoms with E-state index >= 15 is 0 Å². The normalized spacial score (nSPS) is 11.2. The maximum Gasteiger partial charge on any atom is 0.251 e. The van der Waals surface area contributed by atoms with E-state index in [4.69, 9.17) is 5.73 Å². The molecule has 0 unspecified atom stereocenters. The molecule has 0 fully saturated rings. The van der Waals surface area contributed by atoms with E-state index in [9.17, 15) is 13.2 Å². The number of nitrogen functional groups attached to an aromatic ring is 1. The van der Waals surface area contributed by atoms with E-state index in [-0.39, 0.29) is 11.7 Å². The quantitative estimate of drug-likeness (QED) is 0.617. The number of hydrogen-bond donors (Lipinski definition) is 2. The molecular weight excluding hydrogens is 272 g/mol. The Morgan fingerprint density at radius 3 is 2.67 bits per heavy atom. The number of nitrogens with two attached hydrogens (primary N) is 1. The predicted molar refractivity (Wildman–Crippen MR) is 74.7 cm³/mol. The SMILES string of the molecule is CNC(=O)c1ccc(N)c(SCCS(C)(=O)=O)c1. The fourth-order valence-corrected chi connectivity index (χ4v) is 3.46. The first-order valence-electron chi connectivity index (χ1n) is 5.25. The van der Waals surface area contributed by atoms with Crippen molar-refractivity contribution in [2.24, 2.45) is 0 Å². The number of nitrogens with one attached hydrogen (secondary N) is 1. The Hall–Kier alpha value is -1.21. The molecule has 1 aromatic rings. The third-order valence-electron chi connectivity index (χ3n) is 2.21. The van der Waals surface area contributed by atoms with Gasteiger partial charge in [-0.25, -0.2) is 8.42 Å². The summed E-state index contributed by atoms with van der Waals surface area (Å²) in [6.07, 6.45) is 1.19. The lowest BCUT2D eigenvalue weighted by molar-refractivity contribution is 0.0963. The average Bonchev–Trinajstić information content (AvgIpc) is 2.29. The van der Waals surface area contributed by atoms with E-state index < -0.39 is 9.84 Å². The summed E-state index contributed by atoms with van der Waals surface area (Å²) < 4.78 is 22.0. The fraction of sp³-hybridized carbons (Fsp3) is 0.364. The number of carbonyl (C=O) groups is 1. The van der Waals surface area contributed by atoms with Crippen molar-refractivity contribution in [3.8, 4) is 0 Å². The number of carbonyl (C=O) groups excluding carboxylic acids is 1. The number of anilines is 1. The van der Waals surface area contributed by atoms with Crippen LogP contribution in [0.25, 0.3) is 0 Å². The Bertz CT molecular complexity index is 541. The van der Waals surface area contributed by atoms with Crippen LogP contribution in [0.4, 0.5) is 5.69 Å².